The van der Waals surface area contributed by atoms with E-state index in [1.165, 1.54) is 16.3 Å². The minimum absolute atomic E-state index is 0.536. The summed E-state index contributed by atoms with van der Waals surface area (Å²) in [6, 6.07) is 13.3. The second-order valence-corrected chi connectivity index (χ2v) is 4.35. The number of hydrogen-bond donors (Lipinski definition) is 1. The van der Waals surface area contributed by atoms with Gasteiger partial charge in [-0.3, -0.25) is 0 Å². The molecule has 1 aromatic heterocycles. The molecule has 0 spiro atoms. The Morgan fingerprint density at radius 2 is 1.83 bits per heavy atom. The molecule has 0 aliphatic heterocycles. The minimum Gasteiger partial charge on any atom is -0.432 e. The van der Waals surface area contributed by atoms with E-state index in [1.54, 1.807) is 13.3 Å². The van der Waals surface area contributed by atoms with E-state index in [2.05, 4.69) is 53.6 Å². The largest absolute Gasteiger partial charge is 0.432 e. The van der Waals surface area contributed by atoms with Crippen molar-refractivity contribution in [1.82, 2.24) is 4.98 Å². The molecular formula is C15H14N2O. The summed E-state index contributed by atoms with van der Waals surface area (Å²) >= 11 is 0. The van der Waals surface area contributed by atoms with Crippen LogP contribution in [0.15, 0.2) is 47.1 Å². The van der Waals surface area contributed by atoms with E-state index in [9.17, 15) is 0 Å². The molecule has 3 nitrogen and oxygen atoms in total. The lowest BCUT2D eigenvalue weighted by molar-refractivity contribution is 0.576. The zero-order valence-electron chi connectivity index (χ0n) is 10.4. The highest BCUT2D eigenvalue weighted by Crippen LogP contribution is 2.25. The molecule has 3 rings (SSSR count). The predicted octanol–water partition coefficient (Wildman–Crippen LogP) is 3.84. The summed E-state index contributed by atoms with van der Waals surface area (Å²) < 4.78 is 5.28. The van der Waals surface area contributed by atoms with Gasteiger partial charge in [0, 0.05) is 12.6 Å². The van der Waals surface area contributed by atoms with Crippen molar-refractivity contribution in [3.63, 3.8) is 0 Å². The first-order chi connectivity index (χ1) is 8.76. The van der Waals surface area contributed by atoms with Gasteiger partial charge in [-0.05, 0) is 23.8 Å². The average Bonchev–Trinajstić information content (AvgIpc) is 2.87. The van der Waals surface area contributed by atoms with Gasteiger partial charge in [-0.2, -0.15) is 4.98 Å². The first-order valence-electron chi connectivity index (χ1n) is 5.90. The van der Waals surface area contributed by atoms with Crippen LogP contribution in [0.1, 0.15) is 5.56 Å². The molecule has 0 aliphatic rings. The van der Waals surface area contributed by atoms with Crippen LogP contribution in [0.2, 0.25) is 0 Å². The van der Waals surface area contributed by atoms with E-state index < -0.39 is 0 Å². The smallest absolute Gasteiger partial charge is 0.294 e. The summed E-state index contributed by atoms with van der Waals surface area (Å²) in [4.78, 5) is 4.35. The number of nitrogens with one attached hydrogen (secondary N) is 1. The Balaban J connectivity index is 2.10. The Labute approximate surface area is 105 Å². The molecule has 0 amide bonds. The van der Waals surface area contributed by atoms with E-state index in [0.717, 1.165) is 11.3 Å². The Bertz CT molecular complexity index is 701. The van der Waals surface area contributed by atoms with Gasteiger partial charge >= 0.3 is 0 Å². The maximum atomic E-state index is 5.28. The van der Waals surface area contributed by atoms with Crippen molar-refractivity contribution in [1.29, 1.82) is 0 Å². The SMILES string of the molecule is CNc1nc(-c2ccc3cc(C)ccc3c2)co1. The monoisotopic (exact) mass is 238 g/mol. The van der Waals surface area contributed by atoms with Crippen molar-refractivity contribution in [2.45, 2.75) is 6.92 Å². The molecule has 0 saturated heterocycles. The van der Waals surface area contributed by atoms with Crippen molar-refractivity contribution in [2.75, 3.05) is 12.4 Å². The summed E-state index contributed by atoms with van der Waals surface area (Å²) in [6.07, 6.45) is 1.67. The van der Waals surface area contributed by atoms with Gasteiger partial charge in [-0.25, -0.2) is 0 Å². The number of anilines is 1. The van der Waals surface area contributed by atoms with Gasteiger partial charge < -0.3 is 9.73 Å². The van der Waals surface area contributed by atoms with E-state index >= 15 is 0 Å². The molecule has 0 saturated carbocycles. The van der Waals surface area contributed by atoms with Gasteiger partial charge in [0.2, 0.25) is 0 Å². The van der Waals surface area contributed by atoms with Gasteiger partial charge in [0.15, 0.2) is 0 Å². The van der Waals surface area contributed by atoms with Crippen LogP contribution in [0.5, 0.6) is 0 Å². The van der Waals surface area contributed by atoms with Crippen LogP contribution in [-0.2, 0) is 0 Å². The number of nitrogens with zero attached hydrogens (tertiary/aromatic N) is 1. The van der Waals surface area contributed by atoms with Crippen molar-refractivity contribution in [3.8, 4) is 11.3 Å². The highest BCUT2D eigenvalue weighted by Gasteiger charge is 2.05. The third-order valence-corrected chi connectivity index (χ3v) is 3.01. The highest BCUT2D eigenvalue weighted by atomic mass is 16.4. The number of oxazole rings is 1. The van der Waals surface area contributed by atoms with Crippen LogP contribution in [0.4, 0.5) is 6.01 Å². The van der Waals surface area contributed by atoms with Gasteiger partial charge in [0.25, 0.3) is 6.01 Å². The Hall–Kier alpha value is -2.29. The van der Waals surface area contributed by atoms with E-state index in [-0.39, 0.29) is 0 Å². The first kappa shape index (κ1) is 10.8. The van der Waals surface area contributed by atoms with Gasteiger partial charge in [0.05, 0.1) is 0 Å². The standard InChI is InChI=1S/C15H14N2O/c1-10-3-4-12-8-13(6-5-11(12)7-10)14-9-18-15(16-2)17-14/h3-9H,1-2H3,(H,16,17). The second kappa shape index (κ2) is 4.18. The van der Waals surface area contributed by atoms with Gasteiger partial charge in [0.1, 0.15) is 12.0 Å². The molecule has 0 unspecified atom stereocenters. The Morgan fingerprint density at radius 3 is 2.61 bits per heavy atom. The number of aromatic nitrogens is 1. The number of rotatable bonds is 2. The average molecular weight is 238 g/mol. The summed E-state index contributed by atoms with van der Waals surface area (Å²) in [5.74, 6) is 0. The highest BCUT2D eigenvalue weighted by molar-refractivity contribution is 5.87. The summed E-state index contributed by atoms with van der Waals surface area (Å²) in [5.41, 5.74) is 3.19. The van der Waals surface area contributed by atoms with Crippen molar-refractivity contribution < 1.29 is 4.42 Å². The van der Waals surface area contributed by atoms with E-state index in [4.69, 9.17) is 4.42 Å². The molecular weight excluding hydrogens is 224 g/mol. The number of benzene rings is 2. The third kappa shape index (κ3) is 1.84. The lowest BCUT2D eigenvalue weighted by atomic mass is 10.0. The number of aryl methyl sites for hydroxylation is 1. The zero-order chi connectivity index (χ0) is 12.5. The van der Waals surface area contributed by atoms with Gasteiger partial charge in [-0.1, -0.05) is 35.9 Å². The topological polar surface area (TPSA) is 38.1 Å². The maximum Gasteiger partial charge on any atom is 0.294 e. The predicted molar refractivity (Wildman–Crippen MR) is 73.7 cm³/mol. The van der Waals surface area contributed by atoms with E-state index in [1.807, 2.05) is 0 Å². The molecule has 3 aromatic rings. The zero-order valence-corrected chi connectivity index (χ0v) is 10.4. The van der Waals surface area contributed by atoms with Crippen LogP contribution in [0.25, 0.3) is 22.0 Å². The minimum atomic E-state index is 0.536. The molecule has 3 heteroatoms. The van der Waals surface area contributed by atoms with Crippen LogP contribution in [0, 0.1) is 6.92 Å². The lowest BCUT2D eigenvalue weighted by Crippen LogP contribution is -1.87. The molecule has 1 heterocycles. The van der Waals surface area contributed by atoms with E-state index in [0.29, 0.717) is 6.01 Å². The summed E-state index contributed by atoms with van der Waals surface area (Å²) in [7, 11) is 1.79. The molecule has 2 aromatic carbocycles. The lowest BCUT2D eigenvalue weighted by Gasteiger charge is -2.02. The normalized spacial score (nSPS) is 10.8. The summed E-state index contributed by atoms with van der Waals surface area (Å²) in [6.45, 7) is 2.10. The molecule has 0 fully saturated rings. The maximum absolute atomic E-state index is 5.28. The molecule has 0 radical (unpaired) electrons. The fourth-order valence-electron chi connectivity index (χ4n) is 2.05. The van der Waals surface area contributed by atoms with Crippen molar-refractivity contribution in [2.24, 2.45) is 0 Å². The molecule has 18 heavy (non-hydrogen) atoms. The fraction of sp³-hybridized carbons (Fsp3) is 0.133. The molecule has 0 bridgehead atoms. The number of hydrogen-bond acceptors (Lipinski definition) is 3. The van der Waals surface area contributed by atoms with Crippen LogP contribution >= 0.6 is 0 Å². The van der Waals surface area contributed by atoms with Crippen molar-refractivity contribution >= 4 is 16.8 Å². The van der Waals surface area contributed by atoms with Crippen LogP contribution < -0.4 is 5.32 Å². The van der Waals surface area contributed by atoms with Crippen LogP contribution in [0.3, 0.4) is 0 Å². The summed E-state index contributed by atoms with van der Waals surface area (Å²) in [5, 5.41) is 5.35. The first-order valence-corrected chi connectivity index (χ1v) is 5.90. The second-order valence-electron chi connectivity index (χ2n) is 4.35. The Kier molecular flexibility index (Phi) is 2.52. The van der Waals surface area contributed by atoms with Crippen molar-refractivity contribution in [3.05, 3.63) is 48.2 Å². The molecule has 0 aliphatic carbocycles. The Morgan fingerprint density at radius 1 is 1.06 bits per heavy atom. The number of fused-ring (bicyclic) bond motifs is 1. The fourth-order valence-corrected chi connectivity index (χ4v) is 2.05. The molecule has 0 atom stereocenters. The quantitative estimate of drug-likeness (QED) is 0.737. The molecule has 90 valence electrons. The third-order valence-electron chi connectivity index (χ3n) is 3.01. The van der Waals surface area contributed by atoms with Gasteiger partial charge in [-0.15, -0.1) is 0 Å². The van der Waals surface area contributed by atoms with Crippen LogP contribution in [-0.4, -0.2) is 12.0 Å². The molecule has 1 N–H and O–H groups in total.